The van der Waals surface area contributed by atoms with Crippen molar-refractivity contribution in [3.05, 3.63) is 54.3 Å². The van der Waals surface area contributed by atoms with Crippen molar-refractivity contribution in [3.63, 3.8) is 0 Å². The van der Waals surface area contributed by atoms with Crippen molar-refractivity contribution in [2.45, 2.75) is 0 Å². The minimum Gasteiger partial charge on any atom is -0.492 e. The van der Waals surface area contributed by atoms with Crippen LogP contribution in [0.5, 0.6) is 17.2 Å². The Morgan fingerprint density at radius 2 is 1.77 bits per heavy atom. The van der Waals surface area contributed by atoms with E-state index in [2.05, 4.69) is 0 Å². The number of hydrogen-bond donors (Lipinski definition) is 1. The molecule has 0 saturated carbocycles. The first kappa shape index (κ1) is 15.6. The highest BCUT2D eigenvalue weighted by Gasteiger charge is 2.06. The van der Waals surface area contributed by atoms with Gasteiger partial charge in [-0.25, -0.2) is 9.18 Å². The summed E-state index contributed by atoms with van der Waals surface area (Å²) in [5.41, 5.74) is 0. The third-order valence-electron chi connectivity index (χ3n) is 2.91. The number of para-hydroxylation sites is 1. The molecule has 0 unspecified atom stereocenters. The molecule has 0 fully saturated rings. The van der Waals surface area contributed by atoms with Crippen molar-refractivity contribution in [3.8, 4) is 17.2 Å². The van der Waals surface area contributed by atoms with Gasteiger partial charge in [0.25, 0.3) is 0 Å². The molecule has 6 heteroatoms. The standard InChI is InChI=1S/C16H16FNO4/c1-18(16(19)20)10-11-21-12-6-8-13(9-7-12)22-15-5-3-2-4-14(15)17/h2-9H,10-11H2,1H3,(H,19,20). The van der Waals surface area contributed by atoms with Crippen molar-refractivity contribution in [2.75, 3.05) is 20.2 Å². The van der Waals surface area contributed by atoms with E-state index in [9.17, 15) is 9.18 Å². The van der Waals surface area contributed by atoms with Gasteiger partial charge in [-0.15, -0.1) is 0 Å². The van der Waals surface area contributed by atoms with Crippen molar-refractivity contribution >= 4 is 6.09 Å². The molecule has 0 spiro atoms. The lowest BCUT2D eigenvalue weighted by molar-refractivity contribution is 0.147. The molecular formula is C16H16FNO4. The van der Waals surface area contributed by atoms with Gasteiger partial charge in [-0.05, 0) is 36.4 Å². The molecule has 0 saturated heterocycles. The average molecular weight is 305 g/mol. The maximum atomic E-state index is 13.5. The SMILES string of the molecule is CN(CCOc1ccc(Oc2ccccc2F)cc1)C(=O)O. The fourth-order valence-corrected chi connectivity index (χ4v) is 1.65. The van der Waals surface area contributed by atoms with Crippen LogP contribution in [0.2, 0.25) is 0 Å². The molecule has 0 aliphatic heterocycles. The number of halogens is 1. The van der Waals surface area contributed by atoms with Crippen LogP contribution in [0.4, 0.5) is 9.18 Å². The smallest absolute Gasteiger partial charge is 0.407 e. The van der Waals surface area contributed by atoms with Gasteiger partial charge >= 0.3 is 6.09 Å². The lowest BCUT2D eigenvalue weighted by Gasteiger charge is -2.13. The van der Waals surface area contributed by atoms with E-state index in [4.69, 9.17) is 14.6 Å². The molecule has 1 N–H and O–H groups in total. The van der Waals surface area contributed by atoms with E-state index in [1.807, 2.05) is 0 Å². The predicted molar refractivity (Wildman–Crippen MR) is 79.1 cm³/mol. The number of rotatable bonds is 6. The summed E-state index contributed by atoms with van der Waals surface area (Å²) in [7, 11) is 1.47. The van der Waals surface area contributed by atoms with Gasteiger partial charge in [-0.1, -0.05) is 12.1 Å². The molecule has 2 rings (SSSR count). The summed E-state index contributed by atoms with van der Waals surface area (Å²) in [6.45, 7) is 0.513. The summed E-state index contributed by atoms with van der Waals surface area (Å²) in [5, 5.41) is 8.70. The fraction of sp³-hybridized carbons (Fsp3) is 0.188. The first-order chi connectivity index (χ1) is 10.6. The van der Waals surface area contributed by atoms with Crippen LogP contribution in [0.3, 0.4) is 0 Å². The number of nitrogens with zero attached hydrogens (tertiary/aromatic N) is 1. The predicted octanol–water partition coefficient (Wildman–Crippen LogP) is 3.61. The van der Waals surface area contributed by atoms with Gasteiger partial charge < -0.3 is 19.5 Å². The highest BCUT2D eigenvalue weighted by Crippen LogP contribution is 2.25. The molecule has 2 aromatic rings. The van der Waals surface area contributed by atoms with E-state index in [-0.39, 0.29) is 18.9 Å². The quantitative estimate of drug-likeness (QED) is 0.885. The van der Waals surface area contributed by atoms with Gasteiger partial charge in [-0.3, -0.25) is 0 Å². The zero-order valence-electron chi connectivity index (χ0n) is 12.0. The van der Waals surface area contributed by atoms with Crippen LogP contribution in [0.1, 0.15) is 0 Å². The minimum absolute atomic E-state index is 0.152. The molecule has 5 nitrogen and oxygen atoms in total. The number of ether oxygens (including phenoxy) is 2. The Morgan fingerprint density at radius 3 is 2.41 bits per heavy atom. The van der Waals surface area contributed by atoms with E-state index < -0.39 is 11.9 Å². The number of likely N-dealkylation sites (N-methyl/N-ethyl adjacent to an activating group) is 1. The molecule has 116 valence electrons. The number of carboxylic acid groups (broad SMARTS) is 1. The van der Waals surface area contributed by atoms with Gasteiger partial charge in [0.1, 0.15) is 18.1 Å². The van der Waals surface area contributed by atoms with Crippen LogP contribution < -0.4 is 9.47 Å². The summed E-state index contributed by atoms with van der Waals surface area (Å²) in [4.78, 5) is 11.7. The molecule has 0 atom stereocenters. The van der Waals surface area contributed by atoms with Crippen LogP contribution >= 0.6 is 0 Å². The lowest BCUT2D eigenvalue weighted by Crippen LogP contribution is -2.29. The monoisotopic (exact) mass is 305 g/mol. The number of carbonyl (C=O) groups is 1. The molecule has 22 heavy (non-hydrogen) atoms. The van der Waals surface area contributed by atoms with Gasteiger partial charge in [-0.2, -0.15) is 0 Å². The summed E-state index contributed by atoms with van der Waals surface area (Å²) in [6, 6.07) is 12.8. The van der Waals surface area contributed by atoms with E-state index in [1.165, 1.54) is 13.1 Å². The van der Waals surface area contributed by atoms with E-state index in [0.29, 0.717) is 11.5 Å². The first-order valence-electron chi connectivity index (χ1n) is 6.65. The Kier molecular flexibility index (Phi) is 5.19. The van der Waals surface area contributed by atoms with E-state index in [1.54, 1.807) is 42.5 Å². The molecule has 0 aromatic heterocycles. The van der Waals surface area contributed by atoms with Crippen LogP contribution in [0, 0.1) is 5.82 Å². The Morgan fingerprint density at radius 1 is 1.14 bits per heavy atom. The van der Waals surface area contributed by atoms with Gasteiger partial charge in [0, 0.05) is 7.05 Å². The molecule has 0 radical (unpaired) electrons. The van der Waals surface area contributed by atoms with E-state index >= 15 is 0 Å². The van der Waals surface area contributed by atoms with Gasteiger partial charge in [0.05, 0.1) is 6.54 Å². The summed E-state index contributed by atoms with van der Waals surface area (Å²) in [6.07, 6.45) is -1.00. The van der Waals surface area contributed by atoms with Crippen LogP contribution in [0.25, 0.3) is 0 Å². The summed E-state index contributed by atoms with van der Waals surface area (Å²) >= 11 is 0. The summed E-state index contributed by atoms with van der Waals surface area (Å²) in [5.74, 6) is 0.790. The molecular weight excluding hydrogens is 289 g/mol. The highest BCUT2D eigenvalue weighted by atomic mass is 19.1. The van der Waals surface area contributed by atoms with Gasteiger partial charge in [0.2, 0.25) is 0 Å². The molecule has 0 heterocycles. The second-order valence-electron chi connectivity index (χ2n) is 4.56. The molecule has 0 aliphatic rings. The summed E-state index contributed by atoms with van der Waals surface area (Å²) < 4.78 is 24.3. The molecule has 2 aromatic carbocycles. The second kappa shape index (κ2) is 7.31. The maximum absolute atomic E-state index is 13.5. The number of benzene rings is 2. The van der Waals surface area contributed by atoms with Crippen LogP contribution in [0.15, 0.2) is 48.5 Å². The molecule has 1 amide bonds. The highest BCUT2D eigenvalue weighted by molar-refractivity contribution is 5.64. The number of amides is 1. The Labute approximate surface area is 127 Å². The normalized spacial score (nSPS) is 10.1. The molecule has 0 bridgehead atoms. The maximum Gasteiger partial charge on any atom is 0.407 e. The van der Waals surface area contributed by atoms with E-state index in [0.717, 1.165) is 4.90 Å². The lowest BCUT2D eigenvalue weighted by atomic mass is 10.3. The zero-order chi connectivity index (χ0) is 15.9. The first-order valence-corrected chi connectivity index (χ1v) is 6.65. The topological polar surface area (TPSA) is 59.0 Å². The van der Waals surface area contributed by atoms with Crippen molar-refractivity contribution in [2.24, 2.45) is 0 Å². The van der Waals surface area contributed by atoms with Crippen molar-refractivity contribution in [1.82, 2.24) is 4.90 Å². The zero-order valence-corrected chi connectivity index (χ0v) is 12.0. The Bertz CT molecular complexity index is 630. The molecule has 0 aliphatic carbocycles. The second-order valence-corrected chi connectivity index (χ2v) is 4.56. The Balaban J connectivity index is 1.88. The van der Waals surface area contributed by atoms with Crippen molar-refractivity contribution < 1.29 is 23.8 Å². The van der Waals surface area contributed by atoms with Gasteiger partial charge in [0.15, 0.2) is 11.6 Å². The Hall–Kier alpha value is -2.76. The largest absolute Gasteiger partial charge is 0.492 e. The van der Waals surface area contributed by atoms with Crippen LogP contribution in [-0.4, -0.2) is 36.3 Å². The fourth-order valence-electron chi connectivity index (χ4n) is 1.65. The average Bonchev–Trinajstić information content (AvgIpc) is 2.51. The van der Waals surface area contributed by atoms with Crippen molar-refractivity contribution in [1.29, 1.82) is 0 Å². The number of hydrogen-bond acceptors (Lipinski definition) is 3. The third-order valence-corrected chi connectivity index (χ3v) is 2.91. The third kappa shape index (κ3) is 4.37. The minimum atomic E-state index is -1.00. The van der Waals surface area contributed by atoms with Crippen LogP contribution in [-0.2, 0) is 0 Å².